The van der Waals surface area contributed by atoms with Crippen molar-refractivity contribution in [2.75, 3.05) is 38.5 Å². The van der Waals surface area contributed by atoms with Crippen LogP contribution in [0.3, 0.4) is 0 Å². The average molecular weight is 297 g/mol. The van der Waals surface area contributed by atoms with Gasteiger partial charge in [-0.25, -0.2) is 8.42 Å². The summed E-state index contributed by atoms with van der Waals surface area (Å²) in [4.78, 5) is 2.53. The van der Waals surface area contributed by atoms with Gasteiger partial charge in [0.2, 0.25) is 10.0 Å². The summed E-state index contributed by atoms with van der Waals surface area (Å²) in [7, 11) is -3.50. The molecule has 1 saturated heterocycles. The molecule has 0 aliphatic carbocycles. The summed E-state index contributed by atoms with van der Waals surface area (Å²) in [5.41, 5.74) is 7.96. The fraction of sp³-hybridized carbons (Fsp3) is 0.571. The molecule has 1 aliphatic heterocycles. The van der Waals surface area contributed by atoms with E-state index in [1.54, 1.807) is 10.4 Å². The first-order chi connectivity index (χ1) is 9.37. The van der Waals surface area contributed by atoms with Crippen LogP contribution >= 0.6 is 0 Å². The van der Waals surface area contributed by atoms with E-state index in [9.17, 15) is 8.42 Å². The van der Waals surface area contributed by atoms with Crippen LogP contribution in [0.15, 0.2) is 17.0 Å². The van der Waals surface area contributed by atoms with Crippen molar-refractivity contribution in [2.45, 2.75) is 25.7 Å². The Hall–Kier alpha value is -1.11. The second-order valence-corrected chi connectivity index (χ2v) is 7.14. The number of benzene rings is 1. The molecule has 1 fully saturated rings. The highest BCUT2D eigenvalue weighted by atomic mass is 32.2. The van der Waals surface area contributed by atoms with Gasteiger partial charge in [0.15, 0.2) is 0 Å². The van der Waals surface area contributed by atoms with Crippen LogP contribution in [0.4, 0.5) is 5.69 Å². The molecular weight excluding hydrogens is 274 g/mol. The molecule has 0 saturated carbocycles. The standard InChI is InChI=1S/C14H23N3O2S/c1-4-16-7-9-17(10-8-16)20(18,19)14-12(3)11(2)5-6-13(14)15/h5-6H,4,7-10,15H2,1-3H3. The Morgan fingerprint density at radius 3 is 2.30 bits per heavy atom. The zero-order valence-electron chi connectivity index (χ0n) is 12.4. The summed E-state index contributed by atoms with van der Waals surface area (Å²) in [5.74, 6) is 0. The lowest BCUT2D eigenvalue weighted by Crippen LogP contribution is -2.48. The number of hydrogen-bond donors (Lipinski definition) is 1. The summed E-state index contributed by atoms with van der Waals surface area (Å²) < 4.78 is 27.2. The van der Waals surface area contributed by atoms with Crippen molar-refractivity contribution >= 4 is 15.7 Å². The number of hydrogen-bond acceptors (Lipinski definition) is 4. The fourth-order valence-electron chi connectivity index (χ4n) is 2.57. The first-order valence-electron chi connectivity index (χ1n) is 6.96. The number of piperazine rings is 1. The van der Waals surface area contributed by atoms with E-state index in [0.29, 0.717) is 18.8 Å². The minimum absolute atomic E-state index is 0.280. The maximum Gasteiger partial charge on any atom is 0.245 e. The number of rotatable bonds is 3. The fourth-order valence-corrected chi connectivity index (χ4v) is 4.38. The zero-order chi connectivity index (χ0) is 14.9. The van der Waals surface area contributed by atoms with E-state index >= 15 is 0 Å². The van der Waals surface area contributed by atoms with Gasteiger partial charge in [0.25, 0.3) is 0 Å². The minimum atomic E-state index is -3.50. The highest BCUT2D eigenvalue weighted by molar-refractivity contribution is 7.89. The summed E-state index contributed by atoms with van der Waals surface area (Å²) >= 11 is 0. The van der Waals surface area contributed by atoms with Crippen molar-refractivity contribution in [1.29, 1.82) is 0 Å². The van der Waals surface area contributed by atoms with Crippen LogP contribution in [-0.2, 0) is 10.0 Å². The molecule has 0 aromatic heterocycles. The third-order valence-electron chi connectivity index (χ3n) is 4.08. The van der Waals surface area contributed by atoms with Gasteiger partial charge in [0.05, 0.1) is 5.69 Å². The lowest BCUT2D eigenvalue weighted by Gasteiger charge is -2.33. The number of nitrogens with zero attached hydrogens (tertiary/aromatic N) is 2. The monoisotopic (exact) mass is 297 g/mol. The first-order valence-corrected chi connectivity index (χ1v) is 8.40. The molecule has 1 aromatic rings. The van der Waals surface area contributed by atoms with Crippen molar-refractivity contribution in [3.63, 3.8) is 0 Å². The van der Waals surface area contributed by atoms with E-state index in [1.165, 1.54) is 0 Å². The van der Waals surface area contributed by atoms with Crippen LogP contribution in [0, 0.1) is 13.8 Å². The molecule has 0 bridgehead atoms. The van der Waals surface area contributed by atoms with Gasteiger partial charge >= 0.3 is 0 Å². The molecule has 20 heavy (non-hydrogen) atoms. The van der Waals surface area contributed by atoms with E-state index in [2.05, 4.69) is 11.8 Å². The average Bonchev–Trinajstić information content (AvgIpc) is 2.43. The lowest BCUT2D eigenvalue weighted by atomic mass is 10.1. The second-order valence-electron chi connectivity index (χ2n) is 5.26. The van der Waals surface area contributed by atoms with Gasteiger partial charge in [-0.15, -0.1) is 0 Å². The largest absolute Gasteiger partial charge is 0.398 e. The maximum atomic E-state index is 12.8. The quantitative estimate of drug-likeness (QED) is 0.852. The Kier molecular flexibility index (Phi) is 4.36. The van der Waals surface area contributed by atoms with Crippen molar-refractivity contribution in [3.05, 3.63) is 23.3 Å². The zero-order valence-corrected chi connectivity index (χ0v) is 13.2. The van der Waals surface area contributed by atoms with E-state index in [-0.39, 0.29) is 4.90 Å². The van der Waals surface area contributed by atoms with E-state index in [1.807, 2.05) is 19.9 Å². The number of nitrogen functional groups attached to an aromatic ring is 1. The summed E-state index contributed by atoms with van der Waals surface area (Å²) in [6, 6.07) is 3.54. The van der Waals surface area contributed by atoms with Gasteiger partial charge in [-0.3, -0.25) is 0 Å². The highest BCUT2D eigenvalue weighted by Gasteiger charge is 2.31. The number of sulfonamides is 1. The number of aryl methyl sites for hydroxylation is 1. The SMILES string of the molecule is CCN1CCN(S(=O)(=O)c2c(N)ccc(C)c2C)CC1. The number of anilines is 1. The topological polar surface area (TPSA) is 66.6 Å². The molecular formula is C14H23N3O2S. The third-order valence-corrected chi connectivity index (χ3v) is 6.19. The van der Waals surface area contributed by atoms with Gasteiger partial charge in [-0.1, -0.05) is 13.0 Å². The smallest absolute Gasteiger partial charge is 0.245 e. The van der Waals surface area contributed by atoms with Crippen LogP contribution in [0.25, 0.3) is 0 Å². The van der Waals surface area contributed by atoms with Crippen molar-refractivity contribution in [1.82, 2.24) is 9.21 Å². The molecule has 1 aliphatic rings. The Labute approximate surface area is 121 Å². The van der Waals surface area contributed by atoms with Gasteiger partial charge in [0.1, 0.15) is 4.90 Å². The Morgan fingerprint density at radius 2 is 1.75 bits per heavy atom. The van der Waals surface area contributed by atoms with Crippen molar-refractivity contribution < 1.29 is 8.42 Å². The molecule has 0 unspecified atom stereocenters. The molecule has 6 heteroatoms. The lowest BCUT2D eigenvalue weighted by molar-refractivity contribution is 0.196. The normalized spacial score (nSPS) is 18.4. The Morgan fingerprint density at radius 1 is 1.15 bits per heavy atom. The van der Waals surface area contributed by atoms with E-state index in [4.69, 9.17) is 5.73 Å². The van der Waals surface area contributed by atoms with Crippen LogP contribution in [0.5, 0.6) is 0 Å². The van der Waals surface area contributed by atoms with Gasteiger partial charge in [-0.2, -0.15) is 4.31 Å². The van der Waals surface area contributed by atoms with Gasteiger partial charge in [-0.05, 0) is 37.6 Å². The van der Waals surface area contributed by atoms with Crippen LogP contribution < -0.4 is 5.73 Å². The molecule has 0 atom stereocenters. The van der Waals surface area contributed by atoms with E-state index < -0.39 is 10.0 Å². The van der Waals surface area contributed by atoms with E-state index in [0.717, 1.165) is 30.8 Å². The second kappa shape index (κ2) is 5.71. The Balaban J connectivity index is 2.35. The van der Waals surface area contributed by atoms with Crippen molar-refractivity contribution in [3.8, 4) is 0 Å². The molecule has 2 N–H and O–H groups in total. The third kappa shape index (κ3) is 2.68. The maximum absolute atomic E-state index is 12.8. The van der Waals surface area contributed by atoms with Crippen LogP contribution in [-0.4, -0.2) is 50.3 Å². The van der Waals surface area contributed by atoms with Gasteiger partial charge < -0.3 is 10.6 Å². The summed E-state index contributed by atoms with van der Waals surface area (Å²) in [6.07, 6.45) is 0. The molecule has 112 valence electrons. The molecule has 0 radical (unpaired) electrons. The number of likely N-dealkylation sites (N-methyl/N-ethyl adjacent to an activating group) is 1. The minimum Gasteiger partial charge on any atom is -0.398 e. The summed E-state index contributed by atoms with van der Waals surface area (Å²) in [5, 5.41) is 0. The highest BCUT2D eigenvalue weighted by Crippen LogP contribution is 2.28. The van der Waals surface area contributed by atoms with Gasteiger partial charge in [0, 0.05) is 26.2 Å². The van der Waals surface area contributed by atoms with Crippen molar-refractivity contribution in [2.24, 2.45) is 0 Å². The van der Waals surface area contributed by atoms with Crippen LogP contribution in [0.2, 0.25) is 0 Å². The molecule has 1 heterocycles. The molecule has 0 spiro atoms. The first kappa shape index (κ1) is 15.3. The molecule has 1 aromatic carbocycles. The molecule has 0 amide bonds. The van der Waals surface area contributed by atoms with Crippen LogP contribution in [0.1, 0.15) is 18.1 Å². The number of nitrogens with two attached hydrogens (primary N) is 1. The predicted molar refractivity (Wildman–Crippen MR) is 81.2 cm³/mol. The summed E-state index contributed by atoms with van der Waals surface area (Å²) in [6.45, 7) is 9.39. The molecule has 2 rings (SSSR count). The molecule has 5 nitrogen and oxygen atoms in total. The Bertz CT molecular complexity index is 591. The predicted octanol–water partition coefficient (Wildman–Crippen LogP) is 1.21.